The summed E-state index contributed by atoms with van der Waals surface area (Å²) in [5.41, 5.74) is 0.783. The van der Waals surface area contributed by atoms with Crippen LogP contribution in [0, 0.1) is 10.1 Å². The largest absolute Gasteiger partial charge is 0.465 e. The third-order valence-corrected chi connectivity index (χ3v) is 6.68. The first kappa shape index (κ1) is 21.6. The van der Waals surface area contributed by atoms with Crippen LogP contribution in [-0.4, -0.2) is 28.0 Å². The zero-order valence-electron chi connectivity index (χ0n) is 16.9. The van der Waals surface area contributed by atoms with Crippen LogP contribution in [0.5, 0.6) is 0 Å². The second-order valence-corrected chi connectivity index (χ2v) is 8.70. The number of thiophene rings is 1. The van der Waals surface area contributed by atoms with E-state index in [0.717, 1.165) is 32.3 Å². The van der Waals surface area contributed by atoms with Crippen molar-refractivity contribution in [1.82, 2.24) is 4.57 Å². The molecule has 0 aliphatic heterocycles. The molecule has 32 heavy (non-hydrogen) atoms. The van der Waals surface area contributed by atoms with Crippen molar-refractivity contribution in [3.8, 4) is 0 Å². The number of benzene rings is 2. The number of carbonyl (C=O) groups excluding carboxylic acids is 2. The summed E-state index contributed by atoms with van der Waals surface area (Å²) in [7, 11) is 0. The van der Waals surface area contributed by atoms with Crippen molar-refractivity contribution in [2.45, 2.75) is 13.5 Å². The van der Waals surface area contributed by atoms with Crippen molar-refractivity contribution in [2.24, 2.45) is 4.99 Å². The fourth-order valence-corrected chi connectivity index (χ4v) is 5.08. The molecule has 0 atom stereocenters. The van der Waals surface area contributed by atoms with Crippen LogP contribution in [-0.2, 0) is 20.9 Å². The lowest BCUT2D eigenvalue weighted by Crippen LogP contribution is -2.22. The molecule has 0 aliphatic carbocycles. The van der Waals surface area contributed by atoms with Gasteiger partial charge in [-0.2, -0.15) is 4.99 Å². The van der Waals surface area contributed by atoms with Crippen LogP contribution in [0.25, 0.3) is 27.1 Å². The fourth-order valence-electron chi connectivity index (χ4n) is 3.19. The lowest BCUT2D eigenvalue weighted by Gasteiger charge is -2.05. The molecule has 0 aliphatic rings. The van der Waals surface area contributed by atoms with Crippen LogP contribution >= 0.6 is 22.7 Å². The Kier molecular flexibility index (Phi) is 6.24. The zero-order chi connectivity index (χ0) is 22.7. The molecule has 4 rings (SSSR count). The van der Waals surface area contributed by atoms with Crippen LogP contribution in [0.3, 0.4) is 0 Å². The van der Waals surface area contributed by atoms with E-state index in [-0.39, 0.29) is 18.2 Å². The molecular formula is C22H17N3O5S2. The molecule has 2 aromatic carbocycles. The van der Waals surface area contributed by atoms with Gasteiger partial charge in [0.25, 0.3) is 5.91 Å². The number of fused-ring (bicyclic) bond motifs is 3. The molecule has 2 heterocycles. The highest BCUT2D eigenvalue weighted by Gasteiger charge is 2.14. The van der Waals surface area contributed by atoms with Crippen LogP contribution in [0.15, 0.2) is 59.6 Å². The van der Waals surface area contributed by atoms with E-state index in [0.29, 0.717) is 9.68 Å². The summed E-state index contributed by atoms with van der Waals surface area (Å²) >= 11 is 2.29. The second kappa shape index (κ2) is 9.25. The molecule has 0 unspecified atom stereocenters. The molecule has 0 fully saturated rings. The third-order valence-electron chi connectivity index (χ3n) is 4.55. The van der Waals surface area contributed by atoms with Gasteiger partial charge in [0, 0.05) is 22.4 Å². The minimum Gasteiger partial charge on any atom is -0.465 e. The number of hydrogen-bond donors (Lipinski definition) is 0. The number of nitrogens with zero attached hydrogens (tertiary/aromatic N) is 3. The Morgan fingerprint density at radius 3 is 2.72 bits per heavy atom. The maximum atomic E-state index is 12.5. The smallest absolute Gasteiger partial charge is 0.326 e. The Morgan fingerprint density at radius 1 is 1.16 bits per heavy atom. The van der Waals surface area contributed by atoms with Gasteiger partial charge in [-0.1, -0.05) is 53.0 Å². The topological polar surface area (TPSA) is 104 Å². The molecule has 1 amide bonds. The highest BCUT2D eigenvalue weighted by Crippen LogP contribution is 2.28. The SMILES string of the molecule is CCOC(=O)Cn1c(=NC(=O)/C=C/c2ccc([N+](=O)[O-])s2)sc2c3ccccc3ccc21. The lowest BCUT2D eigenvalue weighted by molar-refractivity contribution is -0.380. The molecule has 0 radical (unpaired) electrons. The minimum absolute atomic E-state index is 0.00213. The predicted molar refractivity (Wildman–Crippen MR) is 125 cm³/mol. The van der Waals surface area contributed by atoms with Gasteiger partial charge in [0.05, 0.1) is 21.7 Å². The van der Waals surface area contributed by atoms with E-state index < -0.39 is 16.8 Å². The van der Waals surface area contributed by atoms with Gasteiger partial charge < -0.3 is 9.30 Å². The van der Waals surface area contributed by atoms with Crippen molar-refractivity contribution in [2.75, 3.05) is 6.61 Å². The van der Waals surface area contributed by atoms with Crippen molar-refractivity contribution in [3.63, 3.8) is 0 Å². The summed E-state index contributed by atoms with van der Waals surface area (Å²) in [4.78, 5) is 40.2. The number of rotatable bonds is 6. The molecule has 0 N–H and O–H groups in total. The predicted octanol–water partition coefficient (Wildman–Crippen LogP) is 4.53. The van der Waals surface area contributed by atoms with E-state index >= 15 is 0 Å². The number of carbonyl (C=O) groups is 2. The fraction of sp³-hybridized carbons (Fsp3) is 0.136. The molecule has 2 aromatic heterocycles. The molecule has 162 valence electrons. The van der Waals surface area contributed by atoms with Gasteiger partial charge in [0.1, 0.15) is 6.54 Å². The van der Waals surface area contributed by atoms with E-state index in [9.17, 15) is 19.7 Å². The van der Waals surface area contributed by atoms with Crippen molar-refractivity contribution in [1.29, 1.82) is 0 Å². The Balaban J connectivity index is 1.76. The summed E-state index contributed by atoms with van der Waals surface area (Å²) in [5, 5.41) is 12.9. The Morgan fingerprint density at radius 2 is 1.97 bits per heavy atom. The highest BCUT2D eigenvalue weighted by atomic mass is 32.1. The molecule has 0 saturated heterocycles. The summed E-state index contributed by atoms with van der Waals surface area (Å²) < 4.78 is 7.68. The van der Waals surface area contributed by atoms with Gasteiger partial charge in [-0.25, -0.2) is 0 Å². The first-order chi connectivity index (χ1) is 15.5. The molecule has 0 spiro atoms. The minimum atomic E-state index is -0.533. The Hall–Kier alpha value is -3.63. The number of hydrogen-bond acceptors (Lipinski definition) is 7. The maximum Gasteiger partial charge on any atom is 0.326 e. The number of aromatic nitrogens is 1. The molecule has 8 nitrogen and oxygen atoms in total. The summed E-state index contributed by atoms with van der Waals surface area (Å²) in [5.74, 6) is -0.954. The van der Waals surface area contributed by atoms with Crippen LogP contribution in [0.4, 0.5) is 5.00 Å². The number of esters is 1. The molecular weight excluding hydrogens is 450 g/mol. The molecule has 0 saturated carbocycles. The number of amides is 1. The Bertz CT molecular complexity index is 1440. The van der Waals surface area contributed by atoms with Crippen molar-refractivity contribution in [3.05, 3.63) is 74.4 Å². The first-order valence-corrected chi connectivity index (χ1v) is 11.3. The maximum absolute atomic E-state index is 12.5. The first-order valence-electron chi connectivity index (χ1n) is 9.64. The average molecular weight is 468 g/mol. The van der Waals surface area contributed by atoms with Gasteiger partial charge in [0.15, 0.2) is 4.80 Å². The molecule has 0 bridgehead atoms. The monoisotopic (exact) mass is 467 g/mol. The summed E-state index contributed by atoms with van der Waals surface area (Å²) in [6.07, 6.45) is 2.74. The normalized spacial score (nSPS) is 12.1. The van der Waals surface area contributed by atoms with E-state index in [1.807, 2.05) is 36.4 Å². The van der Waals surface area contributed by atoms with Gasteiger partial charge in [-0.15, -0.1) is 0 Å². The van der Waals surface area contributed by atoms with Crippen molar-refractivity contribution >= 4 is 66.6 Å². The number of ether oxygens (including phenoxy) is 1. The van der Waals surface area contributed by atoms with Gasteiger partial charge >= 0.3 is 11.0 Å². The lowest BCUT2D eigenvalue weighted by atomic mass is 10.1. The van der Waals surface area contributed by atoms with Crippen molar-refractivity contribution < 1.29 is 19.2 Å². The molecule has 10 heteroatoms. The third kappa shape index (κ3) is 4.51. The number of thiazole rings is 1. The standard InChI is InChI=1S/C22H17N3O5S2/c1-2-30-20(27)13-24-17-10-7-14-5-3-4-6-16(14)21(17)32-22(24)23-18(26)11-8-15-9-12-19(31-15)25(28)29/h3-12H,2,13H2,1H3/b11-8+,23-22?. The van der Waals surface area contributed by atoms with E-state index in [1.165, 1.54) is 29.6 Å². The van der Waals surface area contributed by atoms with Gasteiger partial charge in [-0.05, 0) is 30.5 Å². The zero-order valence-corrected chi connectivity index (χ0v) is 18.5. The van der Waals surface area contributed by atoms with Gasteiger partial charge in [0.2, 0.25) is 0 Å². The second-order valence-electron chi connectivity index (χ2n) is 6.63. The van der Waals surface area contributed by atoms with Crippen LogP contribution < -0.4 is 4.80 Å². The van der Waals surface area contributed by atoms with E-state index in [4.69, 9.17) is 4.74 Å². The Labute approximate surface area is 189 Å². The van der Waals surface area contributed by atoms with E-state index in [1.54, 1.807) is 17.6 Å². The number of nitro groups is 1. The molecule has 4 aromatic rings. The van der Waals surface area contributed by atoms with E-state index in [2.05, 4.69) is 4.99 Å². The van der Waals surface area contributed by atoms with Crippen LogP contribution in [0.1, 0.15) is 11.8 Å². The summed E-state index contributed by atoms with van der Waals surface area (Å²) in [6, 6.07) is 14.7. The van der Waals surface area contributed by atoms with Gasteiger partial charge in [-0.3, -0.25) is 19.7 Å². The highest BCUT2D eigenvalue weighted by molar-refractivity contribution is 7.17. The average Bonchev–Trinajstić information content (AvgIpc) is 3.38. The summed E-state index contributed by atoms with van der Waals surface area (Å²) in [6.45, 7) is 1.92. The van der Waals surface area contributed by atoms with Crippen LogP contribution in [0.2, 0.25) is 0 Å². The quantitative estimate of drug-likeness (QED) is 0.179.